The highest BCUT2D eigenvalue weighted by Gasteiger charge is 2.12. The van der Waals surface area contributed by atoms with Crippen LogP contribution in [-0.2, 0) is 16.0 Å². The number of para-hydroxylation sites is 1. The maximum absolute atomic E-state index is 11.9. The third-order valence-corrected chi connectivity index (χ3v) is 4.42. The number of aryl methyl sites for hydroxylation is 2. The molecule has 0 aliphatic rings. The van der Waals surface area contributed by atoms with Gasteiger partial charge in [0.2, 0.25) is 11.8 Å². The van der Waals surface area contributed by atoms with E-state index in [0.29, 0.717) is 34.0 Å². The van der Waals surface area contributed by atoms with Crippen molar-refractivity contribution < 1.29 is 18.7 Å². The van der Waals surface area contributed by atoms with Crippen LogP contribution in [-0.4, -0.2) is 29.4 Å². The van der Waals surface area contributed by atoms with Crippen LogP contribution in [0.4, 0.5) is 0 Å². The van der Waals surface area contributed by atoms with Gasteiger partial charge in [-0.15, -0.1) is 10.2 Å². The molecule has 6 nitrogen and oxygen atoms in total. The molecule has 1 heterocycles. The van der Waals surface area contributed by atoms with Gasteiger partial charge in [0.05, 0.1) is 16.5 Å². The molecule has 0 saturated heterocycles. The van der Waals surface area contributed by atoms with Crippen LogP contribution in [0.15, 0.2) is 46.9 Å². The van der Waals surface area contributed by atoms with Crippen LogP contribution in [0, 0.1) is 6.92 Å². The van der Waals surface area contributed by atoms with Crippen LogP contribution in [0.5, 0.6) is 5.75 Å². The highest BCUT2D eigenvalue weighted by atomic mass is 35.5. The smallest absolute Gasteiger partial charge is 0.306 e. The zero-order valence-corrected chi connectivity index (χ0v) is 16.7. The highest BCUT2D eigenvalue weighted by Crippen LogP contribution is 2.32. The van der Waals surface area contributed by atoms with Gasteiger partial charge < -0.3 is 13.9 Å². The minimum Gasteiger partial charge on any atom is -0.487 e. The van der Waals surface area contributed by atoms with Crippen LogP contribution in [0.3, 0.4) is 0 Å². The number of carbonyl (C=O) groups excluding carboxylic acids is 1. The van der Waals surface area contributed by atoms with Crippen LogP contribution in [0.1, 0.15) is 17.9 Å². The lowest BCUT2D eigenvalue weighted by molar-refractivity contribution is -0.144. The molecule has 28 heavy (non-hydrogen) atoms. The summed E-state index contributed by atoms with van der Waals surface area (Å²) in [5.74, 6) is 0.792. The van der Waals surface area contributed by atoms with Gasteiger partial charge in [0, 0.05) is 12.0 Å². The summed E-state index contributed by atoms with van der Waals surface area (Å²) in [5, 5.41) is 8.77. The second-order valence-corrected chi connectivity index (χ2v) is 6.80. The van der Waals surface area contributed by atoms with E-state index in [-0.39, 0.29) is 25.6 Å². The Bertz CT molecular complexity index is 921. The molecule has 0 aliphatic carbocycles. The first kappa shape index (κ1) is 20.2. The molecule has 3 rings (SSSR count). The number of nitrogens with zero attached hydrogens (tertiary/aromatic N) is 2. The number of halogens is 2. The molecular formula is C20H18Cl2N2O4. The van der Waals surface area contributed by atoms with E-state index in [4.69, 9.17) is 37.1 Å². The number of hydrogen-bond donors (Lipinski definition) is 0. The van der Waals surface area contributed by atoms with Crippen molar-refractivity contribution in [3.63, 3.8) is 0 Å². The maximum atomic E-state index is 11.9. The average molecular weight is 421 g/mol. The monoisotopic (exact) mass is 420 g/mol. The lowest BCUT2D eigenvalue weighted by Crippen LogP contribution is -2.13. The molecule has 3 aromatic rings. The number of ether oxygens (including phenoxy) is 2. The first-order valence-electron chi connectivity index (χ1n) is 8.65. The first-order valence-corrected chi connectivity index (χ1v) is 9.40. The number of hydrogen-bond acceptors (Lipinski definition) is 6. The Morgan fingerprint density at radius 1 is 1.04 bits per heavy atom. The minimum absolute atomic E-state index is 0.0822. The van der Waals surface area contributed by atoms with Crippen LogP contribution in [0.2, 0.25) is 10.0 Å². The van der Waals surface area contributed by atoms with Gasteiger partial charge in [-0.3, -0.25) is 4.79 Å². The fraction of sp³-hybridized carbons (Fsp3) is 0.250. The summed E-state index contributed by atoms with van der Waals surface area (Å²) in [7, 11) is 0. The minimum atomic E-state index is -0.385. The van der Waals surface area contributed by atoms with Crippen molar-refractivity contribution in [3.05, 3.63) is 64.0 Å². The van der Waals surface area contributed by atoms with Crippen LogP contribution >= 0.6 is 23.2 Å². The predicted molar refractivity (Wildman–Crippen MR) is 106 cm³/mol. The lowest BCUT2D eigenvalue weighted by Gasteiger charge is -2.09. The van der Waals surface area contributed by atoms with Crippen molar-refractivity contribution >= 4 is 29.2 Å². The number of carbonyl (C=O) groups is 1. The number of benzene rings is 2. The molecule has 0 spiro atoms. The zero-order chi connectivity index (χ0) is 19.9. The number of rotatable bonds is 8. The second kappa shape index (κ2) is 9.57. The molecule has 1 aromatic heterocycles. The fourth-order valence-corrected chi connectivity index (χ4v) is 2.87. The normalized spacial score (nSPS) is 10.7. The molecule has 0 fully saturated rings. The average Bonchev–Trinajstić information content (AvgIpc) is 3.15. The third-order valence-electron chi connectivity index (χ3n) is 3.82. The van der Waals surface area contributed by atoms with Crippen molar-refractivity contribution in [1.82, 2.24) is 10.2 Å². The molecule has 0 unspecified atom stereocenters. The van der Waals surface area contributed by atoms with Gasteiger partial charge in [-0.2, -0.15) is 0 Å². The SMILES string of the molecule is Cc1ccc(-c2nnc(CCC(=O)OCCOc3c(Cl)cccc3Cl)o2)cc1. The standard InChI is InChI=1S/C20H18Cl2N2O4/c1-13-5-7-14(8-6-13)20-24-23-17(28-20)9-10-18(25)26-11-12-27-19-15(21)3-2-4-16(19)22/h2-8H,9-12H2,1H3. The molecule has 0 N–H and O–H groups in total. The highest BCUT2D eigenvalue weighted by molar-refractivity contribution is 6.37. The van der Waals surface area contributed by atoms with Crippen LogP contribution < -0.4 is 4.74 Å². The Morgan fingerprint density at radius 2 is 1.75 bits per heavy atom. The topological polar surface area (TPSA) is 74.5 Å². The van der Waals surface area contributed by atoms with E-state index in [1.807, 2.05) is 31.2 Å². The van der Waals surface area contributed by atoms with Crippen molar-refractivity contribution in [1.29, 1.82) is 0 Å². The van der Waals surface area contributed by atoms with Gasteiger partial charge in [0.15, 0.2) is 5.75 Å². The van der Waals surface area contributed by atoms with E-state index < -0.39 is 0 Å². The van der Waals surface area contributed by atoms with E-state index in [1.165, 1.54) is 0 Å². The second-order valence-electron chi connectivity index (χ2n) is 5.99. The fourth-order valence-electron chi connectivity index (χ4n) is 2.37. The molecule has 8 heteroatoms. The van der Waals surface area contributed by atoms with E-state index in [0.717, 1.165) is 11.1 Å². The summed E-state index contributed by atoms with van der Waals surface area (Å²) in [6.45, 7) is 2.23. The molecule has 0 bridgehead atoms. The Kier molecular flexibility index (Phi) is 6.90. The van der Waals surface area contributed by atoms with Crippen molar-refractivity contribution in [3.8, 4) is 17.2 Å². The van der Waals surface area contributed by atoms with E-state index in [1.54, 1.807) is 18.2 Å². The summed E-state index contributed by atoms with van der Waals surface area (Å²) in [5.41, 5.74) is 1.98. The predicted octanol–water partition coefficient (Wildman–Crippen LogP) is 4.91. The van der Waals surface area contributed by atoms with Gasteiger partial charge in [-0.25, -0.2) is 0 Å². The molecule has 0 saturated carbocycles. The summed E-state index contributed by atoms with van der Waals surface area (Å²) in [6, 6.07) is 12.8. The third kappa shape index (κ3) is 5.47. The summed E-state index contributed by atoms with van der Waals surface area (Å²) in [6.07, 6.45) is 0.428. The van der Waals surface area contributed by atoms with Gasteiger partial charge in [0.25, 0.3) is 0 Å². The molecule has 0 radical (unpaired) electrons. The quantitative estimate of drug-likeness (QED) is 0.380. The largest absolute Gasteiger partial charge is 0.487 e. The summed E-state index contributed by atoms with van der Waals surface area (Å²) < 4.78 is 16.2. The zero-order valence-electron chi connectivity index (χ0n) is 15.2. The van der Waals surface area contributed by atoms with Crippen molar-refractivity contribution in [2.45, 2.75) is 19.8 Å². The van der Waals surface area contributed by atoms with Crippen molar-refractivity contribution in [2.24, 2.45) is 0 Å². The van der Waals surface area contributed by atoms with Gasteiger partial charge >= 0.3 is 5.97 Å². The molecule has 146 valence electrons. The Morgan fingerprint density at radius 3 is 2.46 bits per heavy atom. The lowest BCUT2D eigenvalue weighted by atomic mass is 10.1. The summed E-state index contributed by atoms with van der Waals surface area (Å²) in [4.78, 5) is 11.9. The van der Waals surface area contributed by atoms with Gasteiger partial charge in [-0.1, -0.05) is 47.0 Å². The van der Waals surface area contributed by atoms with Crippen LogP contribution in [0.25, 0.3) is 11.5 Å². The molecule has 0 amide bonds. The molecule has 0 atom stereocenters. The Balaban J connectivity index is 1.40. The van der Waals surface area contributed by atoms with E-state index in [2.05, 4.69) is 10.2 Å². The molecule has 2 aromatic carbocycles. The van der Waals surface area contributed by atoms with Gasteiger partial charge in [-0.05, 0) is 31.2 Å². The van der Waals surface area contributed by atoms with Crippen molar-refractivity contribution in [2.75, 3.05) is 13.2 Å². The Hall–Kier alpha value is -2.57. The number of esters is 1. The van der Waals surface area contributed by atoms with E-state index >= 15 is 0 Å². The summed E-state index contributed by atoms with van der Waals surface area (Å²) >= 11 is 12.0. The molecule has 0 aliphatic heterocycles. The Labute approximate surface area is 172 Å². The maximum Gasteiger partial charge on any atom is 0.306 e. The first-order chi connectivity index (χ1) is 13.5. The number of aromatic nitrogens is 2. The van der Waals surface area contributed by atoms with Gasteiger partial charge in [0.1, 0.15) is 13.2 Å². The molecular weight excluding hydrogens is 403 g/mol. The van der Waals surface area contributed by atoms with E-state index in [9.17, 15) is 4.79 Å².